The topological polar surface area (TPSA) is 202 Å². The van der Waals surface area contributed by atoms with Crippen molar-refractivity contribution in [1.82, 2.24) is 24.6 Å². The minimum Gasteiger partial charge on any atom is -0.479 e. The Balaban J connectivity index is 1.38. The molecule has 3 heterocycles. The van der Waals surface area contributed by atoms with Gasteiger partial charge in [-0.05, 0) is 37.1 Å². The molecule has 1 saturated heterocycles. The molecule has 3 unspecified atom stereocenters. The third-order valence-corrected chi connectivity index (χ3v) is 9.42. The van der Waals surface area contributed by atoms with E-state index >= 15 is 0 Å². The average Bonchev–Trinajstić information content (AvgIpc) is 3.52. The van der Waals surface area contributed by atoms with Crippen molar-refractivity contribution in [3.05, 3.63) is 48.8 Å². The van der Waals surface area contributed by atoms with Crippen LogP contribution < -0.4 is 20.1 Å². The molecule has 15 nitrogen and oxygen atoms in total. The molecule has 254 valence electrons. The van der Waals surface area contributed by atoms with E-state index in [1.807, 2.05) is 45.0 Å². The molecule has 16 heteroatoms. The van der Waals surface area contributed by atoms with Gasteiger partial charge in [-0.3, -0.25) is 13.9 Å². The van der Waals surface area contributed by atoms with Crippen LogP contribution in [0.2, 0.25) is 0 Å². The van der Waals surface area contributed by atoms with Gasteiger partial charge in [0.25, 0.3) is 0 Å². The molecule has 6 atom stereocenters. The monoisotopic (exact) mass is 672 g/mol. The van der Waals surface area contributed by atoms with Gasteiger partial charge in [-0.2, -0.15) is 15.1 Å². The molecule has 0 amide bonds. The van der Waals surface area contributed by atoms with E-state index in [2.05, 4.69) is 20.0 Å². The largest absolute Gasteiger partial charge is 0.479 e. The number of hydrogen-bond acceptors (Lipinski definition) is 13. The summed E-state index contributed by atoms with van der Waals surface area (Å²) in [6, 6.07) is 11.5. The number of aromatic nitrogens is 4. The van der Waals surface area contributed by atoms with Crippen LogP contribution in [0.15, 0.2) is 48.8 Å². The van der Waals surface area contributed by atoms with E-state index in [1.165, 1.54) is 31.9 Å². The molecule has 2 aromatic heterocycles. The van der Waals surface area contributed by atoms with Crippen LogP contribution >= 0.6 is 7.75 Å². The maximum Gasteiger partial charge on any atom is 0.459 e. The highest BCUT2D eigenvalue weighted by Gasteiger charge is 2.54. The molecule has 0 saturated carbocycles. The maximum atomic E-state index is 14.4. The fraction of sp³-hybridized carbons (Fsp3) is 0.484. The normalized spacial score (nSPS) is 23.4. The van der Waals surface area contributed by atoms with Crippen LogP contribution in [0.25, 0.3) is 21.9 Å². The number of fused-ring (bicyclic) bond motifs is 2. The van der Waals surface area contributed by atoms with Crippen LogP contribution in [-0.4, -0.2) is 79.9 Å². The van der Waals surface area contributed by atoms with Crippen molar-refractivity contribution < 1.29 is 42.8 Å². The lowest BCUT2D eigenvalue weighted by atomic mass is 9.93. The molecule has 0 spiro atoms. The molecule has 1 fully saturated rings. The summed E-state index contributed by atoms with van der Waals surface area (Å²) in [7, 11) is -2.97. The summed E-state index contributed by atoms with van der Waals surface area (Å²) >= 11 is 0. The van der Waals surface area contributed by atoms with Crippen LogP contribution in [0.4, 0.5) is 5.95 Å². The van der Waals surface area contributed by atoms with Crippen LogP contribution in [0.1, 0.15) is 47.3 Å². The number of rotatable bonds is 12. The predicted molar refractivity (Wildman–Crippen MR) is 173 cm³/mol. The van der Waals surface area contributed by atoms with E-state index in [9.17, 15) is 19.6 Å². The summed E-state index contributed by atoms with van der Waals surface area (Å²) < 4.78 is 44.3. The number of esters is 1. The van der Waals surface area contributed by atoms with E-state index in [4.69, 9.17) is 29.0 Å². The number of carbonyl (C=O) groups excluding carboxylic acids is 1. The first-order valence-electron chi connectivity index (χ1n) is 15.1. The molecule has 2 aromatic carbocycles. The van der Waals surface area contributed by atoms with Gasteiger partial charge >= 0.3 is 13.7 Å². The zero-order valence-electron chi connectivity index (χ0n) is 27.1. The minimum absolute atomic E-state index is 0.0529. The molecule has 1 aliphatic rings. The van der Waals surface area contributed by atoms with Gasteiger partial charge in [-0.25, -0.2) is 9.55 Å². The number of imidazole rings is 1. The van der Waals surface area contributed by atoms with Gasteiger partial charge in [0.2, 0.25) is 11.8 Å². The number of anilines is 1. The lowest BCUT2D eigenvalue weighted by molar-refractivity contribution is -0.146. The number of methoxy groups -OCH3 is 1. The van der Waals surface area contributed by atoms with Gasteiger partial charge in [0, 0.05) is 5.39 Å². The second kappa shape index (κ2) is 13.3. The molecule has 5 rings (SSSR count). The highest BCUT2D eigenvalue weighted by atomic mass is 31.2. The summed E-state index contributed by atoms with van der Waals surface area (Å²) in [6.45, 7) is 8.60. The van der Waals surface area contributed by atoms with Gasteiger partial charge in [-0.1, -0.05) is 57.2 Å². The van der Waals surface area contributed by atoms with Gasteiger partial charge in [0.1, 0.15) is 29.6 Å². The van der Waals surface area contributed by atoms with Gasteiger partial charge in [0.15, 0.2) is 17.4 Å². The fourth-order valence-electron chi connectivity index (χ4n) is 5.14. The van der Waals surface area contributed by atoms with Gasteiger partial charge in [0.05, 0.1) is 26.7 Å². The highest BCUT2D eigenvalue weighted by molar-refractivity contribution is 7.52. The van der Waals surface area contributed by atoms with Crippen molar-refractivity contribution in [3.8, 4) is 11.6 Å². The summed E-state index contributed by atoms with van der Waals surface area (Å²) in [5.41, 5.74) is 4.35. The molecule has 4 aromatic rings. The first kappa shape index (κ1) is 34.5. The lowest BCUT2D eigenvalue weighted by Crippen LogP contribution is -2.44. The average molecular weight is 673 g/mol. The van der Waals surface area contributed by atoms with E-state index in [1.54, 1.807) is 18.2 Å². The molecule has 0 radical (unpaired) electrons. The predicted octanol–water partition coefficient (Wildman–Crippen LogP) is 3.74. The molecule has 0 bridgehead atoms. The van der Waals surface area contributed by atoms with Crippen molar-refractivity contribution in [2.24, 2.45) is 5.41 Å². The second-order valence-electron chi connectivity index (χ2n) is 12.8. The minimum atomic E-state index is -4.37. The molecule has 5 N–H and O–H groups in total. The highest BCUT2D eigenvalue weighted by Crippen LogP contribution is 2.48. The number of hydrogen-bond donors (Lipinski definition) is 4. The number of nitrogens with two attached hydrogens (primary N) is 1. The molecule has 0 aliphatic carbocycles. The van der Waals surface area contributed by atoms with Gasteiger partial charge < -0.3 is 34.7 Å². The van der Waals surface area contributed by atoms with Crippen molar-refractivity contribution in [1.29, 1.82) is 0 Å². The summed E-state index contributed by atoms with van der Waals surface area (Å²) in [5, 5.41) is 26.7. The Labute approximate surface area is 271 Å². The maximum absolute atomic E-state index is 14.4. The Hall–Kier alpha value is -3.85. The lowest BCUT2D eigenvalue weighted by Gasteiger charge is -2.27. The number of aliphatic hydroxyl groups is 2. The summed E-state index contributed by atoms with van der Waals surface area (Å²) in [5.74, 6) is -0.393. The number of benzene rings is 2. The quantitative estimate of drug-likeness (QED) is 0.125. The van der Waals surface area contributed by atoms with E-state index < -0.39 is 50.4 Å². The van der Waals surface area contributed by atoms with Crippen LogP contribution in [0.3, 0.4) is 0 Å². The first-order valence-corrected chi connectivity index (χ1v) is 16.6. The Morgan fingerprint density at radius 2 is 1.94 bits per heavy atom. The molecular formula is C31H41N6O9P. The van der Waals surface area contributed by atoms with Crippen LogP contribution in [0.5, 0.6) is 11.6 Å². The van der Waals surface area contributed by atoms with Crippen molar-refractivity contribution in [2.75, 3.05) is 26.1 Å². The fourth-order valence-corrected chi connectivity index (χ4v) is 6.66. The van der Waals surface area contributed by atoms with Gasteiger partial charge in [-0.15, -0.1) is 0 Å². The second-order valence-corrected chi connectivity index (χ2v) is 14.5. The Bertz CT molecular complexity index is 1790. The summed E-state index contributed by atoms with van der Waals surface area (Å²) in [6.07, 6.45) is -2.00. The number of nitrogens with zero attached hydrogens (tertiary/aromatic N) is 4. The van der Waals surface area contributed by atoms with E-state index in [0.717, 1.165) is 5.39 Å². The number of aliphatic hydroxyl groups excluding tert-OH is 1. The summed E-state index contributed by atoms with van der Waals surface area (Å²) in [4.78, 5) is 25.4. The first-order chi connectivity index (χ1) is 22.1. The Morgan fingerprint density at radius 3 is 2.66 bits per heavy atom. The third kappa shape index (κ3) is 7.51. The van der Waals surface area contributed by atoms with E-state index in [0.29, 0.717) is 11.8 Å². The zero-order chi connectivity index (χ0) is 34.1. The number of nitrogens with one attached hydrogen (secondary N) is 1. The molecule has 47 heavy (non-hydrogen) atoms. The number of ether oxygens (including phenoxy) is 3. The zero-order valence-corrected chi connectivity index (χ0v) is 28.0. The Kier molecular flexibility index (Phi) is 9.79. The third-order valence-electron chi connectivity index (χ3n) is 7.79. The molecular weight excluding hydrogens is 631 g/mol. The van der Waals surface area contributed by atoms with Crippen molar-refractivity contribution in [2.45, 2.75) is 71.1 Å². The van der Waals surface area contributed by atoms with Crippen LogP contribution in [0, 0.1) is 5.41 Å². The SMILES string of the molecule is COc1nc(N)nc2c1ncn2C1O[C@H](COP(=O)(NC(C)C(=O)OCCC(C)(C)C)Oc2cccc3ccccc23)[C@@H](O)[C@@]1(C)O. The Morgan fingerprint density at radius 1 is 1.21 bits per heavy atom. The van der Waals surface area contributed by atoms with Crippen LogP contribution in [-0.2, 0) is 23.4 Å². The van der Waals surface area contributed by atoms with Crippen molar-refractivity contribution in [3.63, 3.8) is 0 Å². The smallest absolute Gasteiger partial charge is 0.459 e. The standard InChI is InChI=1S/C31H41N6O9P/c1-18(27(39)43-15-14-30(2,3)4)36-47(41,46-21-13-9-11-19-10-7-8-12-20(19)21)44-16-22-24(38)31(5,40)28(45-22)37-17-33-23-25(37)34-29(32)35-26(23)42-6/h7-13,17-18,22,24,28,38,40H,14-16H2,1-6H3,(H,36,41)(H2,32,34,35)/t18?,22-,24-,28?,31-,47?/m1/s1. The molecule has 1 aliphatic heterocycles. The van der Waals surface area contributed by atoms with E-state index in [-0.39, 0.29) is 40.8 Å². The number of nitrogen functional groups attached to an aromatic ring is 1. The van der Waals surface area contributed by atoms with Crippen molar-refractivity contribution >= 4 is 41.6 Å². The number of carbonyl (C=O) groups is 1.